The third kappa shape index (κ3) is 6.22. The van der Waals surface area contributed by atoms with E-state index in [9.17, 15) is 4.79 Å². The van der Waals surface area contributed by atoms with Crippen molar-refractivity contribution in [1.29, 1.82) is 0 Å². The highest BCUT2D eigenvalue weighted by molar-refractivity contribution is 7.10. The molecule has 2 heterocycles. The van der Waals surface area contributed by atoms with E-state index in [-0.39, 0.29) is 18.6 Å². The van der Waals surface area contributed by atoms with E-state index in [1.54, 1.807) is 11.3 Å². The molecular weight excluding hydrogens is 310 g/mol. The first-order valence-electron chi connectivity index (χ1n) is 8.43. The number of thiophene rings is 1. The Balaban J connectivity index is 1.66. The second kappa shape index (κ2) is 9.37. The normalized spacial score (nSPS) is 18.3. The zero-order chi connectivity index (χ0) is 16.7. The minimum Gasteiger partial charge on any atom is -0.395 e. The number of nitrogens with one attached hydrogen (secondary N) is 1. The highest BCUT2D eigenvalue weighted by atomic mass is 32.1. The van der Waals surface area contributed by atoms with Crippen molar-refractivity contribution in [3.05, 3.63) is 22.4 Å². The molecule has 5 nitrogen and oxygen atoms in total. The minimum atomic E-state index is 0.0811. The Morgan fingerprint density at radius 3 is 2.87 bits per heavy atom. The molecule has 1 saturated heterocycles. The lowest BCUT2D eigenvalue weighted by Crippen LogP contribution is -2.41. The molecule has 1 fully saturated rings. The molecule has 0 aromatic carbocycles. The van der Waals surface area contributed by atoms with Crippen LogP contribution in [0.3, 0.4) is 0 Å². The van der Waals surface area contributed by atoms with E-state index < -0.39 is 0 Å². The fourth-order valence-corrected chi connectivity index (χ4v) is 3.91. The number of β-amino-alcohol motifs (C(OH)–C–C–N with tert-alkyl or cyclic N) is 1. The molecule has 1 amide bonds. The third-order valence-corrected chi connectivity index (χ3v) is 5.51. The molecule has 2 N–H and O–H groups in total. The average molecular weight is 340 g/mol. The largest absolute Gasteiger partial charge is 0.395 e. The molecule has 1 aliphatic heterocycles. The van der Waals surface area contributed by atoms with Crippen LogP contribution in [0.5, 0.6) is 0 Å². The van der Waals surface area contributed by atoms with Crippen LogP contribution in [0.15, 0.2) is 17.5 Å². The predicted molar refractivity (Wildman–Crippen MR) is 94.6 cm³/mol. The Hall–Kier alpha value is -0.950. The van der Waals surface area contributed by atoms with Gasteiger partial charge in [0.15, 0.2) is 0 Å². The first-order chi connectivity index (χ1) is 11.1. The molecule has 1 unspecified atom stereocenters. The van der Waals surface area contributed by atoms with Crippen LogP contribution in [0.2, 0.25) is 0 Å². The Labute approximate surface area is 143 Å². The van der Waals surface area contributed by atoms with Gasteiger partial charge in [-0.2, -0.15) is 0 Å². The Kier molecular flexibility index (Phi) is 7.49. The van der Waals surface area contributed by atoms with E-state index in [2.05, 4.69) is 21.2 Å². The molecule has 0 saturated carbocycles. The highest BCUT2D eigenvalue weighted by Crippen LogP contribution is 2.19. The lowest BCUT2D eigenvalue weighted by Gasteiger charge is -2.33. The molecule has 1 aliphatic rings. The fraction of sp³-hybridized carbons (Fsp3) is 0.706. The van der Waals surface area contributed by atoms with E-state index in [1.807, 2.05) is 25.4 Å². The first kappa shape index (κ1) is 18.4. The van der Waals surface area contributed by atoms with Crippen molar-refractivity contribution in [2.24, 2.45) is 5.92 Å². The van der Waals surface area contributed by atoms with Crippen molar-refractivity contribution in [2.45, 2.75) is 25.8 Å². The summed E-state index contributed by atoms with van der Waals surface area (Å²) in [5.41, 5.74) is 0. The van der Waals surface area contributed by atoms with Crippen molar-refractivity contribution < 1.29 is 9.90 Å². The van der Waals surface area contributed by atoms with Gasteiger partial charge in [0, 0.05) is 18.0 Å². The van der Waals surface area contributed by atoms with E-state index >= 15 is 0 Å². The van der Waals surface area contributed by atoms with Crippen LogP contribution >= 0.6 is 11.3 Å². The van der Waals surface area contributed by atoms with Gasteiger partial charge in [-0.05, 0) is 57.3 Å². The van der Waals surface area contributed by atoms with Crippen molar-refractivity contribution in [3.8, 4) is 0 Å². The molecule has 0 bridgehead atoms. The van der Waals surface area contributed by atoms with Crippen LogP contribution in [0.4, 0.5) is 0 Å². The van der Waals surface area contributed by atoms with E-state index in [4.69, 9.17) is 5.11 Å². The number of aliphatic hydroxyl groups is 1. The minimum absolute atomic E-state index is 0.0811. The summed E-state index contributed by atoms with van der Waals surface area (Å²) in [7, 11) is 2.02. The number of likely N-dealkylation sites (tertiary alicyclic amines) is 1. The number of aliphatic hydroxyl groups excluding tert-OH is 1. The van der Waals surface area contributed by atoms with Crippen LogP contribution in [0.1, 0.15) is 30.7 Å². The maximum atomic E-state index is 12.2. The highest BCUT2D eigenvalue weighted by Gasteiger charge is 2.21. The van der Waals surface area contributed by atoms with Crippen molar-refractivity contribution in [2.75, 3.05) is 46.4 Å². The number of amides is 1. The first-order valence-corrected chi connectivity index (χ1v) is 9.31. The number of hydrogen-bond donors (Lipinski definition) is 2. The SMILES string of the molecule is CC(NC(=O)CN(C)CC1CCN(CCO)CC1)c1cccs1. The molecule has 0 aliphatic carbocycles. The molecule has 0 radical (unpaired) electrons. The Bertz CT molecular complexity index is 458. The van der Waals surface area contributed by atoms with E-state index in [0.29, 0.717) is 12.5 Å². The predicted octanol–water partition coefficient (Wildman–Crippen LogP) is 1.56. The third-order valence-electron chi connectivity index (χ3n) is 4.45. The zero-order valence-corrected chi connectivity index (χ0v) is 15.0. The van der Waals surface area contributed by atoms with E-state index in [0.717, 1.165) is 39.0 Å². The molecule has 1 atom stereocenters. The van der Waals surface area contributed by atoms with Gasteiger partial charge in [0.25, 0.3) is 0 Å². The molecule has 0 spiro atoms. The number of nitrogens with zero attached hydrogens (tertiary/aromatic N) is 2. The maximum Gasteiger partial charge on any atom is 0.234 e. The number of carbonyl (C=O) groups is 1. The quantitative estimate of drug-likeness (QED) is 0.755. The second-order valence-electron chi connectivity index (χ2n) is 6.51. The fourth-order valence-electron chi connectivity index (χ4n) is 3.18. The molecule has 6 heteroatoms. The number of hydrogen-bond acceptors (Lipinski definition) is 5. The molecule has 1 aromatic rings. The van der Waals surface area contributed by atoms with E-state index in [1.165, 1.54) is 4.88 Å². The van der Waals surface area contributed by atoms with Crippen LogP contribution in [-0.4, -0.2) is 67.2 Å². The Morgan fingerprint density at radius 1 is 1.52 bits per heavy atom. The van der Waals surface area contributed by atoms with Gasteiger partial charge in [-0.25, -0.2) is 0 Å². The number of likely N-dealkylation sites (N-methyl/N-ethyl adjacent to an activating group) is 1. The Morgan fingerprint density at radius 2 is 2.26 bits per heavy atom. The van der Waals surface area contributed by atoms with Gasteiger partial charge in [-0.3, -0.25) is 9.69 Å². The molecule has 2 rings (SSSR count). The summed E-state index contributed by atoms with van der Waals surface area (Å²) in [6.07, 6.45) is 2.30. The standard InChI is InChI=1S/C17H29N3O2S/c1-14(16-4-3-11-23-16)18-17(22)13-19(2)12-15-5-7-20(8-6-15)9-10-21/h3-4,11,14-15,21H,5-10,12-13H2,1-2H3,(H,18,22). The number of carbonyl (C=O) groups excluding carboxylic acids is 1. The average Bonchev–Trinajstić information content (AvgIpc) is 3.03. The van der Waals surface area contributed by atoms with Gasteiger partial charge in [0.2, 0.25) is 5.91 Å². The molecular formula is C17H29N3O2S. The summed E-state index contributed by atoms with van der Waals surface area (Å²) in [5.74, 6) is 0.739. The van der Waals surface area contributed by atoms with Crippen LogP contribution in [-0.2, 0) is 4.79 Å². The molecule has 1 aromatic heterocycles. The summed E-state index contributed by atoms with van der Waals surface area (Å²) in [6.45, 7) is 6.58. The zero-order valence-electron chi connectivity index (χ0n) is 14.2. The van der Waals surface area contributed by atoms with Crippen LogP contribution in [0, 0.1) is 5.92 Å². The summed E-state index contributed by atoms with van der Waals surface area (Å²) in [4.78, 5) is 17.8. The topological polar surface area (TPSA) is 55.8 Å². The van der Waals surface area contributed by atoms with Gasteiger partial charge >= 0.3 is 0 Å². The summed E-state index contributed by atoms with van der Waals surface area (Å²) < 4.78 is 0. The van der Waals surface area contributed by atoms with Crippen LogP contribution < -0.4 is 5.32 Å². The number of piperidine rings is 1. The van der Waals surface area contributed by atoms with Crippen LogP contribution in [0.25, 0.3) is 0 Å². The second-order valence-corrected chi connectivity index (χ2v) is 7.49. The van der Waals surface area contributed by atoms with Gasteiger partial charge in [0.05, 0.1) is 19.2 Å². The number of rotatable bonds is 8. The lowest BCUT2D eigenvalue weighted by molar-refractivity contribution is -0.122. The van der Waals surface area contributed by atoms with Gasteiger partial charge < -0.3 is 15.3 Å². The lowest BCUT2D eigenvalue weighted by atomic mass is 9.96. The smallest absolute Gasteiger partial charge is 0.234 e. The van der Waals surface area contributed by atoms with Crippen molar-refractivity contribution in [1.82, 2.24) is 15.1 Å². The molecule has 23 heavy (non-hydrogen) atoms. The molecule has 130 valence electrons. The monoisotopic (exact) mass is 339 g/mol. The summed E-state index contributed by atoms with van der Waals surface area (Å²) in [6, 6.07) is 4.15. The summed E-state index contributed by atoms with van der Waals surface area (Å²) in [5, 5.41) is 14.1. The maximum absolute atomic E-state index is 12.2. The van der Waals surface area contributed by atoms with Crippen molar-refractivity contribution in [3.63, 3.8) is 0 Å². The van der Waals surface area contributed by atoms with Gasteiger partial charge in [-0.15, -0.1) is 11.3 Å². The van der Waals surface area contributed by atoms with Gasteiger partial charge in [0.1, 0.15) is 0 Å². The van der Waals surface area contributed by atoms with Crippen molar-refractivity contribution >= 4 is 17.2 Å². The van der Waals surface area contributed by atoms with Gasteiger partial charge in [-0.1, -0.05) is 6.07 Å². The summed E-state index contributed by atoms with van der Waals surface area (Å²) >= 11 is 1.67.